The van der Waals surface area contributed by atoms with Gasteiger partial charge in [-0.2, -0.15) is 0 Å². The topological polar surface area (TPSA) is 47.6 Å². The van der Waals surface area contributed by atoms with Gasteiger partial charge in [0.25, 0.3) is 5.91 Å². The van der Waals surface area contributed by atoms with Gasteiger partial charge in [0.15, 0.2) is 6.10 Å². The number of hydrogen-bond acceptors (Lipinski definition) is 3. The predicted molar refractivity (Wildman–Crippen MR) is 82.0 cm³/mol. The number of nitrogens with one attached hydrogen (secondary N) is 1. The summed E-state index contributed by atoms with van der Waals surface area (Å²) in [6.45, 7) is 0.619. The highest BCUT2D eigenvalue weighted by Crippen LogP contribution is 2.33. The summed E-state index contributed by atoms with van der Waals surface area (Å²) in [5.74, 6) is 1.61. The van der Waals surface area contributed by atoms with Crippen molar-refractivity contribution in [1.82, 2.24) is 5.32 Å². The third-order valence-electron chi connectivity index (χ3n) is 4.21. The highest BCUT2D eigenvalue weighted by atomic mass is 16.5. The lowest BCUT2D eigenvalue weighted by molar-refractivity contribution is -0.128. The molecule has 0 saturated heterocycles. The summed E-state index contributed by atoms with van der Waals surface area (Å²) in [7, 11) is 0. The second kappa shape index (κ2) is 5.37. The van der Waals surface area contributed by atoms with Crippen LogP contribution in [-0.4, -0.2) is 18.6 Å². The molecular formula is C18H17NO3. The summed E-state index contributed by atoms with van der Waals surface area (Å²) in [5, 5.41) is 3.11. The van der Waals surface area contributed by atoms with Crippen molar-refractivity contribution in [3.8, 4) is 11.5 Å². The molecule has 0 bridgehead atoms. The molecule has 0 aromatic heterocycles. The first-order valence-corrected chi connectivity index (χ1v) is 7.58. The maximum atomic E-state index is 12.5. The molecule has 0 spiro atoms. The molecule has 4 nitrogen and oxygen atoms in total. The predicted octanol–water partition coefficient (Wildman–Crippen LogP) is 2.63. The molecule has 2 aromatic rings. The number of ether oxygens (including phenoxy) is 2. The van der Waals surface area contributed by atoms with E-state index in [1.165, 1.54) is 0 Å². The summed E-state index contributed by atoms with van der Waals surface area (Å²) < 4.78 is 11.4. The van der Waals surface area contributed by atoms with Crippen molar-refractivity contribution in [3.63, 3.8) is 0 Å². The van der Waals surface area contributed by atoms with Gasteiger partial charge in [0.1, 0.15) is 11.5 Å². The number of carbonyl (C=O) groups is 1. The van der Waals surface area contributed by atoms with E-state index >= 15 is 0 Å². The molecule has 2 atom stereocenters. The molecule has 0 fully saturated rings. The van der Waals surface area contributed by atoms with Gasteiger partial charge in [-0.1, -0.05) is 36.4 Å². The Kier molecular flexibility index (Phi) is 3.22. The Bertz CT molecular complexity index is 688. The SMILES string of the molecule is O=C(NC1CCOc2ccccc21)C1Cc2ccccc2O1. The molecule has 2 heterocycles. The van der Waals surface area contributed by atoms with Crippen molar-refractivity contribution >= 4 is 5.91 Å². The smallest absolute Gasteiger partial charge is 0.261 e. The van der Waals surface area contributed by atoms with Crippen LogP contribution in [0.3, 0.4) is 0 Å². The van der Waals surface area contributed by atoms with Crippen molar-refractivity contribution in [1.29, 1.82) is 0 Å². The fourth-order valence-corrected chi connectivity index (χ4v) is 3.08. The monoisotopic (exact) mass is 295 g/mol. The molecular weight excluding hydrogens is 278 g/mol. The molecule has 0 saturated carbocycles. The van der Waals surface area contributed by atoms with E-state index in [0.29, 0.717) is 13.0 Å². The molecule has 4 heteroatoms. The van der Waals surface area contributed by atoms with Crippen LogP contribution in [0.1, 0.15) is 23.6 Å². The number of amides is 1. The molecule has 0 radical (unpaired) electrons. The maximum absolute atomic E-state index is 12.5. The van der Waals surface area contributed by atoms with Crippen molar-refractivity contribution < 1.29 is 14.3 Å². The van der Waals surface area contributed by atoms with E-state index < -0.39 is 6.10 Å². The van der Waals surface area contributed by atoms with Gasteiger partial charge < -0.3 is 14.8 Å². The van der Waals surface area contributed by atoms with E-state index in [2.05, 4.69) is 5.32 Å². The van der Waals surface area contributed by atoms with Crippen LogP contribution in [0.15, 0.2) is 48.5 Å². The quantitative estimate of drug-likeness (QED) is 0.926. The molecule has 22 heavy (non-hydrogen) atoms. The zero-order chi connectivity index (χ0) is 14.9. The van der Waals surface area contributed by atoms with Crippen LogP contribution in [0.5, 0.6) is 11.5 Å². The molecule has 2 aromatic carbocycles. The molecule has 2 aliphatic heterocycles. The van der Waals surface area contributed by atoms with E-state index in [1.54, 1.807) is 0 Å². The summed E-state index contributed by atoms with van der Waals surface area (Å²) >= 11 is 0. The largest absolute Gasteiger partial charge is 0.493 e. The molecule has 4 rings (SSSR count). The lowest BCUT2D eigenvalue weighted by Gasteiger charge is -2.27. The van der Waals surface area contributed by atoms with Gasteiger partial charge >= 0.3 is 0 Å². The molecule has 2 unspecified atom stereocenters. The first kappa shape index (κ1) is 13.2. The van der Waals surface area contributed by atoms with Gasteiger partial charge in [0.05, 0.1) is 12.6 Å². The van der Waals surface area contributed by atoms with Gasteiger partial charge in [-0.05, 0) is 17.7 Å². The summed E-state index contributed by atoms with van der Waals surface area (Å²) in [4.78, 5) is 12.5. The van der Waals surface area contributed by atoms with E-state index in [4.69, 9.17) is 9.47 Å². The van der Waals surface area contributed by atoms with Crippen molar-refractivity contribution in [2.45, 2.75) is 25.0 Å². The maximum Gasteiger partial charge on any atom is 0.261 e. The van der Waals surface area contributed by atoms with Crippen molar-refractivity contribution in [3.05, 3.63) is 59.7 Å². The Balaban J connectivity index is 1.48. The zero-order valence-corrected chi connectivity index (χ0v) is 12.1. The highest BCUT2D eigenvalue weighted by Gasteiger charge is 2.31. The zero-order valence-electron chi connectivity index (χ0n) is 12.1. The third kappa shape index (κ3) is 2.30. The third-order valence-corrected chi connectivity index (χ3v) is 4.21. The van der Waals surface area contributed by atoms with Crippen LogP contribution in [-0.2, 0) is 11.2 Å². The number of carbonyl (C=O) groups excluding carboxylic acids is 1. The summed E-state index contributed by atoms with van der Waals surface area (Å²) in [6.07, 6.45) is 0.974. The number of fused-ring (bicyclic) bond motifs is 2. The number of benzene rings is 2. The molecule has 2 aliphatic rings. The van der Waals surface area contributed by atoms with Crippen LogP contribution in [0, 0.1) is 0 Å². The second-order valence-corrected chi connectivity index (χ2v) is 5.65. The van der Waals surface area contributed by atoms with Crippen LogP contribution in [0.25, 0.3) is 0 Å². The minimum atomic E-state index is -0.438. The standard InChI is InChI=1S/C18H17NO3/c20-18(17-11-12-5-1-3-7-15(12)22-17)19-14-9-10-21-16-8-4-2-6-13(14)16/h1-8,14,17H,9-11H2,(H,19,20). The summed E-state index contributed by atoms with van der Waals surface area (Å²) in [5.41, 5.74) is 2.13. The van der Waals surface area contributed by atoms with Crippen molar-refractivity contribution in [2.24, 2.45) is 0 Å². The fourth-order valence-electron chi connectivity index (χ4n) is 3.08. The normalized spacial score (nSPS) is 22.0. The van der Waals surface area contributed by atoms with E-state index in [1.807, 2.05) is 48.5 Å². The number of para-hydroxylation sites is 2. The Hall–Kier alpha value is -2.49. The first-order valence-electron chi connectivity index (χ1n) is 7.58. The van der Waals surface area contributed by atoms with Gasteiger partial charge in [-0.25, -0.2) is 0 Å². The van der Waals surface area contributed by atoms with E-state index in [-0.39, 0.29) is 11.9 Å². The van der Waals surface area contributed by atoms with Crippen LogP contribution >= 0.6 is 0 Å². The van der Waals surface area contributed by atoms with E-state index in [0.717, 1.165) is 29.0 Å². The van der Waals surface area contributed by atoms with E-state index in [9.17, 15) is 4.79 Å². The Labute approximate surface area is 129 Å². The first-order chi connectivity index (χ1) is 10.8. The molecule has 0 aliphatic carbocycles. The lowest BCUT2D eigenvalue weighted by Crippen LogP contribution is -2.41. The Morgan fingerprint density at radius 3 is 2.68 bits per heavy atom. The van der Waals surface area contributed by atoms with Gasteiger partial charge in [-0.15, -0.1) is 0 Å². The Morgan fingerprint density at radius 2 is 1.82 bits per heavy atom. The van der Waals surface area contributed by atoms with Crippen LogP contribution < -0.4 is 14.8 Å². The lowest BCUT2D eigenvalue weighted by atomic mass is 10.00. The number of rotatable bonds is 2. The Morgan fingerprint density at radius 1 is 1.05 bits per heavy atom. The minimum Gasteiger partial charge on any atom is -0.493 e. The molecule has 112 valence electrons. The van der Waals surface area contributed by atoms with Gasteiger partial charge in [0.2, 0.25) is 0 Å². The average molecular weight is 295 g/mol. The summed E-state index contributed by atoms with van der Waals surface area (Å²) in [6, 6.07) is 15.7. The number of hydrogen-bond donors (Lipinski definition) is 1. The van der Waals surface area contributed by atoms with Crippen LogP contribution in [0.4, 0.5) is 0 Å². The molecule has 1 amide bonds. The molecule has 1 N–H and O–H groups in total. The van der Waals surface area contributed by atoms with Crippen LogP contribution in [0.2, 0.25) is 0 Å². The van der Waals surface area contributed by atoms with Crippen molar-refractivity contribution in [2.75, 3.05) is 6.61 Å². The second-order valence-electron chi connectivity index (χ2n) is 5.65. The van der Waals surface area contributed by atoms with Gasteiger partial charge in [0, 0.05) is 18.4 Å². The minimum absolute atomic E-state index is 0.00948. The highest BCUT2D eigenvalue weighted by molar-refractivity contribution is 5.83. The van der Waals surface area contributed by atoms with Gasteiger partial charge in [-0.3, -0.25) is 4.79 Å². The average Bonchev–Trinajstić information content (AvgIpc) is 2.99. The fraction of sp³-hybridized carbons (Fsp3) is 0.278.